The van der Waals surface area contributed by atoms with Crippen LogP contribution in [0.25, 0.3) is 0 Å². The first kappa shape index (κ1) is 17.4. The Bertz CT molecular complexity index is 657. The van der Waals surface area contributed by atoms with Crippen molar-refractivity contribution in [2.24, 2.45) is 5.92 Å². The Kier molecular flexibility index (Phi) is 5.54. The molecule has 5 nitrogen and oxygen atoms in total. The van der Waals surface area contributed by atoms with Crippen molar-refractivity contribution < 1.29 is 9.15 Å². The van der Waals surface area contributed by atoms with Gasteiger partial charge in [-0.2, -0.15) is 0 Å². The smallest absolute Gasteiger partial charge is 0.221 e. The van der Waals surface area contributed by atoms with Crippen LogP contribution in [0.4, 0.5) is 0 Å². The van der Waals surface area contributed by atoms with Crippen LogP contribution in [0.2, 0.25) is 5.02 Å². The lowest BCUT2D eigenvalue weighted by atomic mass is 9.97. The Morgan fingerprint density at radius 1 is 1.25 bits per heavy atom. The molecule has 1 aliphatic rings. The van der Waals surface area contributed by atoms with E-state index in [1.807, 2.05) is 12.1 Å². The van der Waals surface area contributed by atoms with Crippen LogP contribution in [0.5, 0.6) is 0 Å². The van der Waals surface area contributed by atoms with Crippen LogP contribution in [0.15, 0.2) is 28.7 Å². The second-order valence-corrected chi connectivity index (χ2v) is 7.21. The molecule has 0 amide bonds. The highest BCUT2D eigenvalue weighted by molar-refractivity contribution is 6.30. The van der Waals surface area contributed by atoms with Gasteiger partial charge in [0.05, 0.1) is 12.5 Å². The molecule has 3 rings (SSSR count). The van der Waals surface area contributed by atoms with E-state index in [0.717, 1.165) is 30.5 Å². The lowest BCUT2D eigenvalue weighted by Crippen LogP contribution is -2.21. The van der Waals surface area contributed by atoms with E-state index in [2.05, 4.69) is 41.1 Å². The van der Waals surface area contributed by atoms with Crippen LogP contribution < -0.4 is 0 Å². The third kappa shape index (κ3) is 3.97. The Hall–Kier alpha value is -1.43. The molecule has 24 heavy (non-hydrogen) atoms. The summed E-state index contributed by atoms with van der Waals surface area (Å²) in [5, 5.41) is 9.24. The van der Waals surface area contributed by atoms with E-state index in [1.54, 1.807) is 7.11 Å². The van der Waals surface area contributed by atoms with Gasteiger partial charge in [-0.3, -0.25) is 4.90 Å². The molecule has 1 saturated heterocycles. The largest absolute Gasteiger partial charge is 0.425 e. The zero-order valence-electron chi connectivity index (χ0n) is 14.4. The molecule has 2 atom stereocenters. The first-order chi connectivity index (χ1) is 11.6. The van der Waals surface area contributed by atoms with Gasteiger partial charge in [-0.15, -0.1) is 10.2 Å². The number of rotatable bonds is 6. The highest BCUT2D eigenvalue weighted by atomic mass is 35.5. The van der Waals surface area contributed by atoms with Crippen molar-refractivity contribution in [1.29, 1.82) is 0 Å². The molecule has 0 bridgehead atoms. The second kappa shape index (κ2) is 7.64. The second-order valence-electron chi connectivity index (χ2n) is 6.78. The predicted molar refractivity (Wildman–Crippen MR) is 93.2 cm³/mol. The molecule has 130 valence electrons. The molecule has 6 heteroatoms. The maximum Gasteiger partial charge on any atom is 0.221 e. The third-order valence-corrected chi connectivity index (χ3v) is 4.74. The third-order valence-electron chi connectivity index (χ3n) is 4.48. The van der Waals surface area contributed by atoms with E-state index in [4.69, 9.17) is 20.8 Å². The summed E-state index contributed by atoms with van der Waals surface area (Å²) in [6.45, 7) is 7.56. The molecule has 0 unspecified atom stereocenters. The van der Waals surface area contributed by atoms with Gasteiger partial charge < -0.3 is 9.15 Å². The molecule has 1 aromatic carbocycles. The van der Waals surface area contributed by atoms with Gasteiger partial charge in [-0.1, -0.05) is 37.6 Å². The zero-order valence-corrected chi connectivity index (χ0v) is 15.2. The summed E-state index contributed by atoms with van der Waals surface area (Å²) in [7, 11) is 1.74. The number of likely N-dealkylation sites (tertiary alicyclic amines) is 1. The highest BCUT2D eigenvalue weighted by Gasteiger charge is 2.37. The van der Waals surface area contributed by atoms with E-state index < -0.39 is 0 Å². The van der Waals surface area contributed by atoms with Crippen LogP contribution >= 0.6 is 11.6 Å². The number of aromatic nitrogens is 2. The maximum absolute atomic E-state index is 5.97. The fraction of sp³-hybridized carbons (Fsp3) is 0.556. The number of hydrogen-bond donors (Lipinski definition) is 0. The summed E-state index contributed by atoms with van der Waals surface area (Å²) in [4.78, 5) is 2.41. The van der Waals surface area contributed by atoms with Crippen molar-refractivity contribution >= 4 is 11.6 Å². The highest BCUT2D eigenvalue weighted by Crippen LogP contribution is 2.33. The van der Waals surface area contributed by atoms with E-state index in [-0.39, 0.29) is 11.8 Å². The minimum absolute atomic E-state index is 0.220. The fourth-order valence-corrected chi connectivity index (χ4v) is 3.36. The number of halogens is 1. The number of benzene rings is 1. The summed E-state index contributed by atoms with van der Waals surface area (Å²) in [6, 6.07) is 8.02. The van der Waals surface area contributed by atoms with E-state index in [1.165, 1.54) is 5.56 Å². The van der Waals surface area contributed by atoms with E-state index in [0.29, 0.717) is 18.4 Å². The van der Waals surface area contributed by atoms with Gasteiger partial charge in [-0.25, -0.2) is 0 Å². The molecule has 1 aromatic heterocycles. The average molecular weight is 350 g/mol. The standard InChI is InChI=1S/C18H24ClN3O2/c1-12(2)17-20-21-18(24-17)16-10-22(9-14(16)11-23-3)8-13-4-6-15(19)7-5-13/h4-7,12,14,16H,8-11H2,1-3H3/t14-,16+/m0/s1. The van der Waals surface area contributed by atoms with Crippen LogP contribution in [0.3, 0.4) is 0 Å². The first-order valence-corrected chi connectivity index (χ1v) is 8.73. The van der Waals surface area contributed by atoms with Crippen molar-refractivity contribution in [3.63, 3.8) is 0 Å². The number of ether oxygens (including phenoxy) is 1. The van der Waals surface area contributed by atoms with Crippen molar-refractivity contribution in [2.45, 2.75) is 32.2 Å². The summed E-state index contributed by atoms with van der Waals surface area (Å²) in [5.41, 5.74) is 1.25. The SMILES string of the molecule is COC[C@@H]1CN(Cc2ccc(Cl)cc2)C[C@H]1c1nnc(C(C)C)o1. The van der Waals surface area contributed by atoms with Crippen LogP contribution in [0, 0.1) is 5.92 Å². The van der Waals surface area contributed by atoms with Gasteiger partial charge in [0.25, 0.3) is 0 Å². The Balaban J connectivity index is 1.72. The Morgan fingerprint density at radius 2 is 2.00 bits per heavy atom. The first-order valence-electron chi connectivity index (χ1n) is 8.36. The molecule has 0 spiro atoms. The molecule has 0 N–H and O–H groups in total. The van der Waals surface area contributed by atoms with Crippen molar-refractivity contribution in [1.82, 2.24) is 15.1 Å². The van der Waals surface area contributed by atoms with Crippen LogP contribution in [-0.2, 0) is 11.3 Å². The van der Waals surface area contributed by atoms with Gasteiger partial charge in [-0.05, 0) is 17.7 Å². The molecule has 0 saturated carbocycles. The summed E-state index contributed by atoms with van der Waals surface area (Å²) >= 11 is 5.97. The number of nitrogens with zero attached hydrogens (tertiary/aromatic N) is 3. The van der Waals surface area contributed by atoms with Gasteiger partial charge in [0.1, 0.15) is 0 Å². The Morgan fingerprint density at radius 3 is 2.62 bits per heavy atom. The minimum Gasteiger partial charge on any atom is -0.425 e. The molecule has 1 fully saturated rings. The quantitative estimate of drug-likeness (QED) is 0.795. The van der Waals surface area contributed by atoms with Gasteiger partial charge in [0.15, 0.2) is 0 Å². The molecular formula is C18H24ClN3O2. The van der Waals surface area contributed by atoms with Gasteiger partial charge in [0, 0.05) is 43.6 Å². The topological polar surface area (TPSA) is 51.4 Å². The average Bonchev–Trinajstić information content (AvgIpc) is 3.17. The van der Waals surface area contributed by atoms with Crippen LogP contribution in [0.1, 0.15) is 43.0 Å². The molecular weight excluding hydrogens is 326 g/mol. The molecule has 1 aliphatic heterocycles. The van der Waals surface area contributed by atoms with Crippen molar-refractivity contribution in [2.75, 3.05) is 26.8 Å². The van der Waals surface area contributed by atoms with Gasteiger partial charge in [0.2, 0.25) is 11.8 Å². The predicted octanol–water partition coefficient (Wildman–Crippen LogP) is 3.71. The lowest BCUT2D eigenvalue weighted by Gasteiger charge is -2.15. The monoisotopic (exact) mass is 349 g/mol. The lowest BCUT2D eigenvalue weighted by molar-refractivity contribution is 0.143. The Labute approximate surface area is 148 Å². The van der Waals surface area contributed by atoms with Crippen molar-refractivity contribution in [3.05, 3.63) is 46.6 Å². The number of methoxy groups -OCH3 is 1. The minimum atomic E-state index is 0.220. The van der Waals surface area contributed by atoms with E-state index >= 15 is 0 Å². The molecule has 0 radical (unpaired) electrons. The summed E-state index contributed by atoms with van der Waals surface area (Å²) in [6.07, 6.45) is 0. The van der Waals surface area contributed by atoms with Crippen LogP contribution in [-0.4, -0.2) is 41.9 Å². The summed E-state index contributed by atoms with van der Waals surface area (Å²) in [5.74, 6) is 2.27. The van der Waals surface area contributed by atoms with Crippen molar-refractivity contribution in [3.8, 4) is 0 Å². The molecule has 2 aromatic rings. The summed E-state index contributed by atoms with van der Waals surface area (Å²) < 4.78 is 11.3. The molecule has 2 heterocycles. The van der Waals surface area contributed by atoms with E-state index in [9.17, 15) is 0 Å². The normalized spacial score (nSPS) is 21.7. The van der Waals surface area contributed by atoms with Gasteiger partial charge >= 0.3 is 0 Å². The number of hydrogen-bond acceptors (Lipinski definition) is 5. The maximum atomic E-state index is 5.97. The fourth-order valence-electron chi connectivity index (χ4n) is 3.23. The zero-order chi connectivity index (χ0) is 17.1. The molecule has 0 aliphatic carbocycles.